The van der Waals surface area contributed by atoms with Gasteiger partial charge in [0.25, 0.3) is 0 Å². The molecule has 0 spiro atoms. The van der Waals surface area contributed by atoms with Gasteiger partial charge in [-0.1, -0.05) is 6.92 Å². The molecule has 6 nitrogen and oxygen atoms in total. The third-order valence-electron chi connectivity index (χ3n) is 5.94. The standard InChI is InChI=1S/C16H29N3O3S/c1-2-9-23(21,22)19-7-5-13(6-8-19)18-16(20)14-11-3-4-12(10-11)15(14)17/h11-15H,2-10,17H2,1H3,(H,18,20). The number of carbonyl (C=O) groups is 1. The fraction of sp³-hybridized carbons (Fsp3) is 0.938. The van der Waals surface area contributed by atoms with Crippen molar-refractivity contribution in [3.63, 3.8) is 0 Å². The van der Waals surface area contributed by atoms with Crippen LogP contribution in [0.15, 0.2) is 0 Å². The van der Waals surface area contributed by atoms with Crippen LogP contribution in [0.3, 0.4) is 0 Å². The third kappa shape index (κ3) is 3.42. The smallest absolute Gasteiger partial charge is 0.225 e. The lowest BCUT2D eigenvalue weighted by molar-refractivity contribution is -0.128. The molecule has 0 radical (unpaired) electrons. The third-order valence-corrected chi connectivity index (χ3v) is 8.02. The van der Waals surface area contributed by atoms with E-state index in [-0.39, 0.29) is 29.7 Å². The molecule has 0 aromatic heterocycles. The van der Waals surface area contributed by atoms with Gasteiger partial charge in [0.15, 0.2) is 0 Å². The Morgan fingerprint density at radius 1 is 1.17 bits per heavy atom. The lowest BCUT2D eigenvalue weighted by atomic mass is 9.84. The van der Waals surface area contributed by atoms with Gasteiger partial charge in [0.1, 0.15) is 0 Å². The molecule has 2 aliphatic carbocycles. The van der Waals surface area contributed by atoms with E-state index in [1.54, 1.807) is 4.31 Å². The number of nitrogens with zero attached hydrogens (tertiary/aromatic N) is 1. The average molecular weight is 343 g/mol. The van der Waals surface area contributed by atoms with Crippen molar-refractivity contribution in [2.24, 2.45) is 23.5 Å². The Hall–Kier alpha value is -0.660. The topological polar surface area (TPSA) is 92.5 Å². The summed E-state index contributed by atoms with van der Waals surface area (Å²) in [7, 11) is -3.12. The molecule has 3 aliphatic rings. The predicted molar refractivity (Wildman–Crippen MR) is 89.1 cm³/mol. The van der Waals surface area contributed by atoms with Crippen LogP contribution in [-0.4, -0.2) is 49.6 Å². The summed E-state index contributed by atoms with van der Waals surface area (Å²) in [6.07, 6.45) is 5.44. The molecule has 0 aromatic carbocycles. The largest absolute Gasteiger partial charge is 0.353 e. The van der Waals surface area contributed by atoms with Gasteiger partial charge < -0.3 is 11.1 Å². The Balaban J connectivity index is 1.50. The summed E-state index contributed by atoms with van der Waals surface area (Å²) in [5.41, 5.74) is 6.23. The second kappa shape index (κ2) is 6.69. The zero-order valence-corrected chi connectivity index (χ0v) is 14.7. The minimum absolute atomic E-state index is 0.0128. The maximum atomic E-state index is 12.6. The van der Waals surface area contributed by atoms with Gasteiger partial charge >= 0.3 is 0 Å². The summed E-state index contributed by atoms with van der Waals surface area (Å²) in [6.45, 7) is 2.90. The molecule has 1 amide bonds. The Morgan fingerprint density at radius 3 is 2.39 bits per heavy atom. The number of amides is 1. The van der Waals surface area contributed by atoms with Crippen LogP contribution in [-0.2, 0) is 14.8 Å². The molecule has 3 rings (SSSR count). The average Bonchev–Trinajstić information content (AvgIpc) is 3.08. The number of rotatable bonds is 5. The summed E-state index contributed by atoms with van der Waals surface area (Å²) < 4.78 is 25.7. The molecule has 132 valence electrons. The van der Waals surface area contributed by atoms with Crippen LogP contribution in [0.4, 0.5) is 0 Å². The van der Waals surface area contributed by atoms with Crippen LogP contribution in [0, 0.1) is 17.8 Å². The normalized spacial score (nSPS) is 35.6. The lowest BCUT2D eigenvalue weighted by Gasteiger charge is -2.34. The van der Waals surface area contributed by atoms with Gasteiger partial charge in [-0.25, -0.2) is 12.7 Å². The second-order valence-corrected chi connectivity index (χ2v) is 9.52. The van der Waals surface area contributed by atoms with E-state index in [1.807, 2.05) is 6.92 Å². The molecule has 2 bridgehead atoms. The first-order chi connectivity index (χ1) is 10.9. The maximum absolute atomic E-state index is 12.6. The van der Waals surface area contributed by atoms with Crippen molar-refractivity contribution >= 4 is 15.9 Å². The number of piperidine rings is 1. The van der Waals surface area contributed by atoms with E-state index in [0.29, 0.717) is 44.2 Å². The molecule has 4 unspecified atom stereocenters. The van der Waals surface area contributed by atoms with Crippen LogP contribution >= 0.6 is 0 Å². The van der Waals surface area contributed by atoms with Crippen molar-refractivity contribution in [1.82, 2.24) is 9.62 Å². The van der Waals surface area contributed by atoms with Crippen LogP contribution in [0.25, 0.3) is 0 Å². The highest BCUT2D eigenvalue weighted by Crippen LogP contribution is 2.47. The summed E-state index contributed by atoms with van der Waals surface area (Å²) >= 11 is 0. The van der Waals surface area contributed by atoms with E-state index in [9.17, 15) is 13.2 Å². The van der Waals surface area contributed by atoms with E-state index in [2.05, 4.69) is 5.32 Å². The van der Waals surface area contributed by atoms with E-state index in [1.165, 1.54) is 6.42 Å². The summed E-state index contributed by atoms with van der Waals surface area (Å²) in [5, 5.41) is 3.14. The molecular weight excluding hydrogens is 314 g/mol. The number of carbonyl (C=O) groups excluding carboxylic acids is 1. The molecule has 0 aromatic rings. The number of nitrogens with one attached hydrogen (secondary N) is 1. The van der Waals surface area contributed by atoms with Gasteiger partial charge in [-0.2, -0.15) is 0 Å². The SMILES string of the molecule is CCCS(=O)(=O)N1CCC(NC(=O)C2C3CCC(C3)C2N)CC1. The number of nitrogens with two attached hydrogens (primary N) is 1. The van der Waals surface area contributed by atoms with Crippen molar-refractivity contribution in [2.45, 2.75) is 57.5 Å². The quantitative estimate of drug-likeness (QED) is 0.768. The van der Waals surface area contributed by atoms with Gasteiger partial charge in [-0.05, 0) is 50.4 Å². The number of hydrogen-bond donors (Lipinski definition) is 2. The summed E-state index contributed by atoms with van der Waals surface area (Å²) in [4.78, 5) is 12.6. The second-order valence-electron chi connectivity index (χ2n) is 7.43. The molecule has 1 saturated heterocycles. The molecule has 3 N–H and O–H groups in total. The van der Waals surface area contributed by atoms with Gasteiger partial charge in [-0.15, -0.1) is 0 Å². The molecular formula is C16H29N3O3S. The van der Waals surface area contributed by atoms with Gasteiger partial charge in [0, 0.05) is 25.2 Å². The van der Waals surface area contributed by atoms with Crippen molar-refractivity contribution in [1.29, 1.82) is 0 Å². The van der Waals surface area contributed by atoms with E-state index in [4.69, 9.17) is 5.73 Å². The highest BCUT2D eigenvalue weighted by atomic mass is 32.2. The van der Waals surface area contributed by atoms with Crippen LogP contribution < -0.4 is 11.1 Å². The number of hydrogen-bond acceptors (Lipinski definition) is 4. The molecule has 23 heavy (non-hydrogen) atoms. The van der Waals surface area contributed by atoms with Gasteiger partial charge in [0.2, 0.25) is 15.9 Å². The predicted octanol–water partition coefficient (Wildman–Crippen LogP) is 0.680. The highest BCUT2D eigenvalue weighted by Gasteiger charge is 2.49. The van der Waals surface area contributed by atoms with Crippen LogP contribution in [0.2, 0.25) is 0 Å². The van der Waals surface area contributed by atoms with Crippen molar-refractivity contribution in [3.8, 4) is 0 Å². The summed E-state index contributed by atoms with van der Waals surface area (Å²) in [5.74, 6) is 1.26. The Bertz CT molecular complexity index is 541. The number of sulfonamides is 1. The van der Waals surface area contributed by atoms with Crippen LogP contribution in [0.5, 0.6) is 0 Å². The zero-order valence-electron chi connectivity index (χ0n) is 13.9. The Labute approximate surface area is 139 Å². The van der Waals surface area contributed by atoms with Crippen molar-refractivity contribution < 1.29 is 13.2 Å². The highest BCUT2D eigenvalue weighted by molar-refractivity contribution is 7.89. The van der Waals surface area contributed by atoms with Crippen molar-refractivity contribution in [3.05, 3.63) is 0 Å². The lowest BCUT2D eigenvalue weighted by Crippen LogP contribution is -2.51. The molecule has 4 atom stereocenters. The monoisotopic (exact) mass is 343 g/mol. The first-order valence-electron chi connectivity index (χ1n) is 8.96. The number of fused-ring (bicyclic) bond motifs is 2. The van der Waals surface area contributed by atoms with E-state index >= 15 is 0 Å². The van der Waals surface area contributed by atoms with E-state index in [0.717, 1.165) is 12.8 Å². The van der Waals surface area contributed by atoms with Gasteiger partial charge in [-0.3, -0.25) is 4.79 Å². The fourth-order valence-electron chi connectivity index (χ4n) is 4.69. The zero-order chi connectivity index (χ0) is 16.6. The fourth-order valence-corrected chi connectivity index (χ4v) is 6.23. The minimum Gasteiger partial charge on any atom is -0.353 e. The van der Waals surface area contributed by atoms with Crippen molar-refractivity contribution in [2.75, 3.05) is 18.8 Å². The molecule has 2 saturated carbocycles. The molecule has 7 heteroatoms. The molecule has 1 aliphatic heterocycles. The van der Waals surface area contributed by atoms with Crippen LogP contribution in [0.1, 0.15) is 45.4 Å². The van der Waals surface area contributed by atoms with E-state index < -0.39 is 10.0 Å². The molecule has 1 heterocycles. The Morgan fingerprint density at radius 2 is 1.83 bits per heavy atom. The maximum Gasteiger partial charge on any atom is 0.225 e. The van der Waals surface area contributed by atoms with Gasteiger partial charge in [0.05, 0.1) is 11.7 Å². The first-order valence-corrected chi connectivity index (χ1v) is 10.6. The molecule has 3 fully saturated rings. The Kier molecular flexibility index (Phi) is 4.99. The first kappa shape index (κ1) is 17.2. The summed E-state index contributed by atoms with van der Waals surface area (Å²) in [6, 6.07) is 0.0978. The minimum atomic E-state index is -3.12.